The number of nitrogens with zero attached hydrogens (tertiary/aromatic N) is 2. The molecule has 1 atom stereocenters. The van der Waals surface area contributed by atoms with E-state index in [0.29, 0.717) is 0 Å². The Morgan fingerprint density at radius 2 is 2.12 bits per heavy atom. The quantitative estimate of drug-likeness (QED) is 0.857. The van der Waals surface area contributed by atoms with Gasteiger partial charge in [-0.3, -0.25) is 4.68 Å². The average Bonchev–Trinajstić information content (AvgIpc) is 2.64. The Bertz CT molecular complexity index is 477. The molecule has 0 bridgehead atoms. The van der Waals surface area contributed by atoms with Gasteiger partial charge >= 0.3 is 0 Å². The smallest absolute Gasteiger partial charge is 0.165 e. The highest BCUT2D eigenvalue weighted by atomic mass is 16.5. The Balaban J connectivity index is 2.27. The zero-order chi connectivity index (χ0) is 11.5. The van der Waals surface area contributed by atoms with Gasteiger partial charge in [-0.2, -0.15) is 5.10 Å². The SMILES string of the molecule is CC(N)c1ccccc1Oc1cnn(C)c1. The van der Waals surface area contributed by atoms with E-state index < -0.39 is 0 Å². The molecule has 2 aromatic rings. The van der Waals surface area contributed by atoms with Crippen LogP contribution in [0.4, 0.5) is 0 Å². The van der Waals surface area contributed by atoms with Crippen LogP contribution >= 0.6 is 0 Å². The second-order valence-corrected chi connectivity index (χ2v) is 3.78. The van der Waals surface area contributed by atoms with E-state index in [1.165, 1.54) is 0 Å². The van der Waals surface area contributed by atoms with Crippen molar-refractivity contribution in [3.63, 3.8) is 0 Å². The third-order valence-electron chi connectivity index (χ3n) is 2.32. The van der Waals surface area contributed by atoms with Crippen molar-refractivity contribution in [3.8, 4) is 11.5 Å². The summed E-state index contributed by atoms with van der Waals surface area (Å²) < 4.78 is 7.43. The monoisotopic (exact) mass is 217 g/mol. The van der Waals surface area contributed by atoms with Crippen LogP contribution < -0.4 is 10.5 Å². The number of aryl methyl sites for hydroxylation is 1. The number of benzene rings is 1. The molecule has 0 aliphatic carbocycles. The standard InChI is InChI=1S/C12H15N3O/c1-9(13)11-5-3-4-6-12(11)16-10-7-14-15(2)8-10/h3-9H,13H2,1-2H3. The van der Waals surface area contributed by atoms with Crippen LogP contribution in [-0.2, 0) is 7.05 Å². The van der Waals surface area contributed by atoms with E-state index in [4.69, 9.17) is 10.5 Å². The van der Waals surface area contributed by atoms with E-state index >= 15 is 0 Å². The first-order valence-electron chi connectivity index (χ1n) is 5.18. The van der Waals surface area contributed by atoms with Gasteiger partial charge in [0.05, 0.1) is 12.4 Å². The fourth-order valence-electron chi connectivity index (χ4n) is 1.53. The highest BCUT2D eigenvalue weighted by Gasteiger charge is 2.08. The molecule has 1 aromatic carbocycles. The predicted octanol–water partition coefficient (Wildman–Crippen LogP) is 2.23. The summed E-state index contributed by atoms with van der Waals surface area (Å²) in [5.74, 6) is 1.50. The fraction of sp³-hybridized carbons (Fsp3) is 0.250. The lowest BCUT2D eigenvalue weighted by molar-refractivity contribution is 0.471. The van der Waals surface area contributed by atoms with Gasteiger partial charge in [0, 0.05) is 18.7 Å². The van der Waals surface area contributed by atoms with Crippen LogP contribution in [0.5, 0.6) is 11.5 Å². The van der Waals surface area contributed by atoms with E-state index in [2.05, 4.69) is 5.10 Å². The molecule has 1 aromatic heterocycles. The van der Waals surface area contributed by atoms with Crippen LogP contribution in [0.25, 0.3) is 0 Å². The summed E-state index contributed by atoms with van der Waals surface area (Å²) in [5, 5.41) is 4.05. The van der Waals surface area contributed by atoms with Crippen molar-refractivity contribution in [2.45, 2.75) is 13.0 Å². The van der Waals surface area contributed by atoms with Gasteiger partial charge in [0.15, 0.2) is 5.75 Å². The van der Waals surface area contributed by atoms with Crippen molar-refractivity contribution in [1.29, 1.82) is 0 Å². The molecular formula is C12H15N3O. The second kappa shape index (κ2) is 4.37. The molecule has 0 saturated heterocycles. The third kappa shape index (κ3) is 2.23. The molecule has 0 aliphatic rings. The summed E-state index contributed by atoms with van der Waals surface area (Å²) in [4.78, 5) is 0. The van der Waals surface area contributed by atoms with E-state index in [1.54, 1.807) is 10.9 Å². The Hall–Kier alpha value is -1.81. The normalized spacial score (nSPS) is 12.4. The van der Waals surface area contributed by atoms with Gasteiger partial charge in [-0.25, -0.2) is 0 Å². The first-order valence-corrected chi connectivity index (χ1v) is 5.18. The largest absolute Gasteiger partial charge is 0.454 e. The lowest BCUT2D eigenvalue weighted by Crippen LogP contribution is -2.06. The number of hydrogen-bond donors (Lipinski definition) is 1. The molecule has 0 amide bonds. The zero-order valence-corrected chi connectivity index (χ0v) is 9.42. The Labute approximate surface area is 94.6 Å². The minimum atomic E-state index is -0.0483. The number of nitrogens with two attached hydrogens (primary N) is 1. The Morgan fingerprint density at radius 1 is 1.38 bits per heavy atom. The van der Waals surface area contributed by atoms with E-state index in [0.717, 1.165) is 17.1 Å². The van der Waals surface area contributed by atoms with Crippen molar-refractivity contribution in [3.05, 3.63) is 42.2 Å². The molecule has 4 heteroatoms. The predicted molar refractivity (Wildman–Crippen MR) is 62.3 cm³/mol. The van der Waals surface area contributed by atoms with Gasteiger partial charge in [0.1, 0.15) is 5.75 Å². The van der Waals surface area contributed by atoms with Gasteiger partial charge in [-0.1, -0.05) is 18.2 Å². The molecule has 2 N–H and O–H groups in total. The van der Waals surface area contributed by atoms with E-state index in [1.807, 2.05) is 44.4 Å². The van der Waals surface area contributed by atoms with E-state index in [9.17, 15) is 0 Å². The van der Waals surface area contributed by atoms with Crippen LogP contribution in [0.1, 0.15) is 18.5 Å². The van der Waals surface area contributed by atoms with Crippen molar-refractivity contribution >= 4 is 0 Å². The van der Waals surface area contributed by atoms with Crippen LogP contribution in [-0.4, -0.2) is 9.78 Å². The van der Waals surface area contributed by atoms with Crippen molar-refractivity contribution in [2.75, 3.05) is 0 Å². The molecule has 0 radical (unpaired) electrons. The lowest BCUT2D eigenvalue weighted by Gasteiger charge is -2.11. The van der Waals surface area contributed by atoms with Crippen molar-refractivity contribution in [1.82, 2.24) is 9.78 Å². The van der Waals surface area contributed by atoms with Gasteiger partial charge in [0.2, 0.25) is 0 Å². The molecular weight excluding hydrogens is 202 g/mol. The first kappa shape index (κ1) is 10.7. The van der Waals surface area contributed by atoms with Crippen LogP contribution in [0, 0.1) is 0 Å². The topological polar surface area (TPSA) is 53.1 Å². The molecule has 16 heavy (non-hydrogen) atoms. The maximum atomic E-state index is 5.87. The maximum absolute atomic E-state index is 5.87. The number of aromatic nitrogens is 2. The highest BCUT2D eigenvalue weighted by Crippen LogP contribution is 2.27. The van der Waals surface area contributed by atoms with Gasteiger partial charge in [0.25, 0.3) is 0 Å². The number of para-hydroxylation sites is 1. The Morgan fingerprint density at radius 3 is 2.75 bits per heavy atom. The molecule has 1 heterocycles. The summed E-state index contributed by atoms with van der Waals surface area (Å²) in [6.07, 6.45) is 3.50. The van der Waals surface area contributed by atoms with Crippen molar-refractivity contribution in [2.24, 2.45) is 12.8 Å². The second-order valence-electron chi connectivity index (χ2n) is 3.78. The van der Waals surface area contributed by atoms with Gasteiger partial charge < -0.3 is 10.5 Å². The molecule has 84 valence electrons. The van der Waals surface area contributed by atoms with Crippen LogP contribution in [0.15, 0.2) is 36.7 Å². The molecule has 0 fully saturated rings. The molecule has 1 unspecified atom stereocenters. The third-order valence-corrected chi connectivity index (χ3v) is 2.32. The van der Waals surface area contributed by atoms with Gasteiger partial charge in [-0.05, 0) is 13.0 Å². The van der Waals surface area contributed by atoms with Crippen LogP contribution in [0.3, 0.4) is 0 Å². The Kier molecular flexibility index (Phi) is 2.92. The molecule has 4 nitrogen and oxygen atoms in total. The summed E-state index contributed by atoms with van der Waals surface area (Å²) in [5.41, 5.74) is 6.86. The minimum Gasteiger partial charge on any atom is -0.454 e. The molecule has 0 aliphatic heterocycles. The lowest BCUT2D eigenvalue weighted by atomic mass is 10.1. The maximum Gasteiger partial charge on any atom is 0.165 e. The highest BCUT2D eigenvalue weighted by molar-refractivity contribution is 5.38. The van der Waals surface area contributed by atoms with E-state index in [-0.39, 0.29) is 6.04 Å². The summed E-state index contributed by atoms with van der Waals surface area (Å²) >= 11 is 0. The summed E-state index contributed by atoms with van der Waals surface area (Å²) in [6.45, 7) is 1.94. The van der Waals surface area contributed by atoms with Gasteiger partial charge in [-0.15, -0.1) is 0 Å². The summed E-state index contributed by atoms with van der Waals surface area (Å²) in [7, 11) is 1.85. The molecule has 0 saturated carbocycles. The summed E-state index contributed by atoms with van der Waals surface area (Å²) in [6, 6.07) is 7.71. The molecule has 0 spiro atoms. The number of ether oxygens (including phenoxy) is 1. The zero-order valence-electron chi connectivity index (χ0n) is 9.42. The number of hydrogen-bond acceptors (Lipinski definition) is 3. The fourth-order valence-corrected chi connectivity index (χ4v) is 1.53. The van der Waals surface area contributed by atoms with Crippen LogP contribution in [0.2, 0.25) is 0 Å². The first-order chi connectivity index (χ1) is 7.66. The number of rotatable bonds is 3. The molecule has 2 rings (SSSR count). The average molecular weight is 217 g/mol. The van der Waals surface area contributed by atoms with Crippen molar-refractivity contribution < 1.29 is 4.74 Å². The minimum absolute atomic E-state index is 0.0483.